The molecule has 4 rings (SSSR count). The normalized spacial score (nSPS) is 16.3. The molecule has 0 aliphatic carbocycles. The Bertz CT molecular complexity index is 822. The van der Waals surface area contributed by atoms with Crippen LogP contribution in [-0.2, 0) is 6.54 Å². The van der Waals surface area contributed by atoms with Gasteiger partial charge in [0, 0.05) is 38.9 Å². The van der Waals surface area contributed by atoms with Gasteiger partial charge in [0.2, 0.25) is 0 Å². The summed E-state index contributed by atoms with van der Waals surface area (Å²) in [5.74, 6) is 0. The van der Waals surface area contributed by atoms with Crippen LogP contribution < -0.4 is 5.32 Å². The van der Waals surface area contributed by atoms with E-state index in [0.29, 0.717) is 10.0 Å². The van der Waals surface area contributed by atoms with Crippen molar-refractivity contribution in [2.75, 3.05) is 26.2 Å². The molecule has 1 fully saturated rings. The molecule has 0 amide bonds. The van der Waals surface area contributed by atoms with Crippen LogP contribution >= 0.6 is 34.5 Å². The predicted molar refractivity (Wildman–Crippen MR) is 96.7 cm³/mol. The molecule has 4 heterocycles. The quantitative estimate of drug-likeness (QED) is 0.765. The third kappa shape index (κ3) is 2.99. The van der Waals surface area contributed by atoms with E-state index in [4.69, 9.17) is 28.2 Å². The minimum absolute atomic E-state index is 0.585. The van der Waals surface area contributed by atoms with E-state index in [-0.39, 0.29) is 0 Å². The SMILES string of the molecule is Clc1cc(Cl)c2nc(-c3cccs3)c(CN3CCNCC3)n2c1. The molecular formula is C16H16Cl2N4S. The van der Waals surface area contributed by atoms with Gasteiger partial charge in [-0.1, -0.05) is 29.3 Å². The summed E-state index contributed by atoms with van der Waals surface area (Å²) >= 11 is 14.3. The fourth-order valence-electron chi connectivity index (χ4n) is 2.96. The molecule has 0 aromatic carbocycles. The Hall–Kier alpha value is -1.11. The molecule has 0 unspecified atom stereocenters. The van der Waals surface area contributed by atoms with Crippen molar-refractivity contribution >= 4 is 40.2 Å². The molecular weight excluding hydrogens is 351 g/mol. The van der Waals surface area contributed by atoms with Crippen LogP contribution in [0.3, 0.4) is 0 Å². The van der Waals surface area contributed by atoms with Crippen molar-refractivity contribution in [1.82, 2.24) is 19.6 Å². The number of piperazine rings is 1. The van der Waals surface area contributed by atoms with Crippen LogP contribution in [0, 0.1) is 0 Å². The van der Waals surface area contributed by atoms with E-state index < -0.39 is 0 Å². The zero-order valence-corrected chi connectivity index (χ0v) is 14.8. The number of thiophene rings is 1. The van der Waals surface area contributed by atoms with Crippen LogP contribution in [0.25, 0.3) is 16.2 Å². The number of nitrogens with one attached hydrogen (secondary N) is 1. The second-order valence-electron chi connectivity index (χ2n) is 5.61. The fourth-order valence-corrected chi connectivity index (χ4v) is 4.21. The van der Waals surface area contributed by atoms with E-state index in [1.807, 2.05) is 16.7 Å². The number of rotatable bonds is 3. The Balaban J connectivity index is 1.85. The molecule has 0 atom stereocenters. The van der Waals surface area contributed by atoms with Crippen LogP contribution in [0.15, 0.2) is 29.8 Å². The number of hydrogen-bond donors (Lipinski definition) is 1. The van der Waals surface area contributed by atoms with Gasteiger partial charge in [-0.25, -0.2) is 4.98 Å². The molecule has 7 heteroatoms. The Morgan fingerprint density at radius 3 is 2.83 bits per heavy atom. The summed E-state index contributed by atoms with van der Waals surface area (Å²) in [7, 11) is 0. The van der Waals surface area contributed by atoms with Gasteiger partial charge in [-0.2, -0.15) is 0 Å². The molecule has 0 spiro atoms. The summed E-state index contributed by atoms with van der Waals surface area (Å²) in [6, 6.07) is 5.90. The molecule has 0 radical (unpaired) electrons. The Labute approximate surface area is 148 Å². The third-order valence-corrected chi connectivity index (χ3v) is 5.44. The highest BCUT2D eigenvalue weighted by Gasteiger charge is 2.20. The van der Waals surface area contributed by atoms with Crippen LogP contribution in [-0.4, -0.2) is 40.5 Å². The van der Waals surface area contributed by atoms with Crippen LogP contribution in [0.4, 0.5) is 0 Å². The largest absolute Gasteiger partial charge is 0.314 e. The summed E-state index contributed by atoms with van der Waals surface area (Å²) in [5, 5.41) is 6.67. The maximum Gasteiger partial charge on any atom is 0.156 e. The van der Waals surface area contributed by atoms with E-state index in [2.05, 4.69) is 21.7 Å². The third-order valence-electron chi connectivity index (χ3n) is 4.08. The number of aromatic nitrogens is 2. The lowest BCUT2D eigenvalue weighted by Gasteiger charge is -2.27. The van der Waals surface area contributed by atoms with E-state index in [1.165, 1.54) is 0 Å². The second kappa shape index (κ2) is 6.42. The summed E-state index contributed by atoms with van der Waals surface area (Å²) in [4.78, 5) is 8.40. The molecule has 4 nitrogen and oxygen atoms in total. The first-order chi connectivity index (χ1) is 11.2. The number of nitrogens with zero attached hydrogens (tertiary/aromatic N) is 3. The highest BCUT2D eigenvalue weighted by Crippen LogP contribution is 2.32. The Kier molecular flexibility index (Phi) is 4.30. The van der Waals surface area contributed by atoms with Gasteiger partial charge in [-0.15, -0.1) is 11.3 Å². The van der Waals surface area contributed by atoms with Gasteiger partial charge in [0.1, 0.15) is 5.69 Å². The molecule has 1 N–H and O–H groups in total. The minimum Gasteiger partial charge on any atom is -0.314 e. The average Bonchev–Trinajstić information content (AvgIpc) is 3.17. The highest BCUT2D eigenvalue weighted by atomic mass is 35.5. The van der Waals surface area contributed by atoms with Gasteiger partial charge in [0.25, 0.3) is 0 Å². The maximum absolute atomic E-state index is 6.36. The molecule has 0 bridgehead atoms. The van der Waals surface area contributed by atoms with Crippen molar-refractivity contribution in [3.05, 3.63) is 45.5 Å². The number of pyridine rings is 1. The van der Waals surface area contributed by atoms with Crippen LogP contribution in [0.5, 0.6) is 0 Å². The molecule has 1 aliphatic rings. The first-order valence-corrected chi connectivity index (χ1v) is 9.19. The van der Waals surface area contributed by atoms with Crippen molar-refractivity contribution < 1.29 is 0 Å². The second-order valence-corrected chi connectivity index (χ2v) is 7.40. The van der Waals surface area contributed by atoms with Gasteiger partial charge in [-0.3, -0.25) is 9.30 Å². The van der Waals surface area contributed by atoms with E-state index in [9.17, 15) is 0 Å². The molecule has 120 valence electrons. The zero-order chi connectivity index (χ0) is 15.8. The number of fused-ring (bicyclic) bond motifs is 1. The lowest BCUT2D eigenvalue weighted by Crippen LogP contribution is -2.43. The summed E-state index contributed by atoms with van der Waals surface area (Å²) < 4.78 is 2.04. The molecule has 3 aromatic heterocycles. The van der Waals surface area contributed by atoms with Crippen molar-refractivity contribution in [3.63, 3.8) is 0 Å². The van der Waals surface area contributed by atoms with Gasteiger partial charge in [-0.05, 0) is 17.5 Å². The van der Waals surface area contributed by atoms with E-state index in [0.717, 1.165) is 54.6 Å². The number of hydrogen-bond acceptors (Lipinski definition) is 4. The van der Waals surface area contributed by atoms with Crippen molar-refractivity contribution in [2.45, 2.75) is 6.54 Å². The van der Waals surface area contributed by atoms with Gasteiger partial charge < -0.3 is 5.32 Å². The predicted octanol–water partition coefficient (Wildman–Crippen LogP) is 3.77. The smallest absolute Gasteiger partial charge is 0.156 e. The standard InChI is InChI=1S/C16H16Cl2N4S/c17-11-8-12(18)16-20-15(14-2-1-7-23-14)13(22(16)9-11)10-21-5-3-19-4-6-21/h1-2,7-9,19H,3-6,10H2. The summed E-state index contributed by atoms with van der Waals surface area (Å²) in [6.07, 6.45) is 1.91. The van der Waals surface area contributed by atoms with Gasteiger partial charge >= 0.3 is 0 Å². The number of halogens is 2. The topological polar surface area (TPSA) is 32.6 Å². The molecule has 1 aliphatic heterocycles. The molecule has 1 saturated heterocycles. The average molecular weight is 367 g/mol. The first kappa shape index (κ1) is 15.4. The first-order valence-electron chi connectivity index (χ1n) is 7.55. The maximum atomic E-state index is 6.36. The fraction of sp³-hybridized carbons (Fsp3) is 0.312. The zero-order valence-electron chi connectivity index (χ0n) is 12.4. The van der Waals surface area contributed by atoms with Gasteiger partial charge in [0.05, 0.1) is 20.6 Å². The Morgan fingerprint density at radius 1 is 1.26 bits per heavy atom. The summed E-state index contributed by atoms with van der Waals surface area (Å²) in [6.45, 7) is 4.95. The lowest BCUT2D eigenvalue weighted by atomic mass is 10.2. The van der Waals surface area contributed by atoms with Crippen LogP contribution in [0.2, 0.25) is 10.0 Å². The monoisotopic (exact) mass is 366 g/mol. The van der Waals surface area contributed by atoms with Gasteiger partial charge in [0.15, 0.2) is 5.65 Å². The lowest BCUT2D eigenvalue weighted by molar-refractivity contribution is 0.230. The van der Waals surface area contributed by atoms with E-state index >= 15 is 0 Å². The Morgan fingerprint density at radius 2 is 2.09 bits per heavy atom. The van der Waals surface area contributed by atoms with Crippen LogP contribution in [0.1, 0.15) is 5.69 Å². The van der Waals surface area contributed by atoms with Crippen molar-refractivity contribution in [1.29, 1.82) is 0 Å². The summed E-state index contributed by atoms with van der Waals surface area (Å²) in [5.41, 5.74) is 2.92. The molecule has 0 saturated carbocycles. The van der Waals surface area contributed by atoms with Crippen molar-refractivity contribution in [3.8, 4) is 10.6 Å². The molecule has 3 aromatic rings. The van der Waals surface area contributed by atoms with Crippen molar-refractivity contribution in [2.24, 2.45) is 0 Å². The molecule has 23 heavy (non-hydrogen) atoms. The number of imidazole rings is 1. The minimum atomic E-state index is 0.585. The highest BCUT2D eigenvalue weighted by molar-refractivity contribution is 7.13. The van der Waals surface area contributed by atoms with E-state index in [1.54, 1.807) is 17.4 Å².